The Kier molecular flexibility index (Phi) is 2.54. The van der Waals surface area contributed by atoms with E-state index in [-0.39, 0.29) is 5.41 Å². The molecule has 2 aliphatic rings. The van der Waals surface area contributed by atoms with E-state index in [1.807, 2.05) is 6.07 Å². The zero-order chi connectivity index (χ0) is 12.8. The van der Waals surface area contributed by atoms with Crippen molar-refractivity contribution in [2.24, 2.45) is 5.92 Å². The van der Waals surface area contributed by atoms with E-state index < -0.39 is 0 Å². The summed E-state index contributed by atoms with van der Waals surface area (Å²) in [5.41, 5.74) is 2.69. The van der Waals surface area contributed by atoms with Crippen molar-refractivity contribution >= 4 is 11.9 Å². The standard InChI is InChI=1S/C16H18O2/c1-16-8-7-13(17)9-12(16)5-3-11-4-6-14(18-2)10-15(11)16/h3-6,10,12H,7-9H2,1-2H3/t12-,16+/m1/s1. The summed E-state index contributed by atoms with van der Waals surface area (Å²) in [5, 5.41) is 0. The number of hydrogen-bond donors (Lipinski definition) is 0. The van der Waals surface area contributed by atoms with Crippen molar-refractivity contribution in [3.05, 3.63) is 35.4 Å². The van der Waals surface area contributed by atoms with Crippen LogP contribution in [0.1, 0.15) is 37.3 Å². The maximum absolute atomic E-state index is 11.6. The van der Waals surface area contributed by atoms with Crippen molar-refractivity contribution in [3.8, 4) is 5.75 Å². The maximum Gasteiger partial charge on any atom is 0.133 e. The van der Waals surface area contributed by atoms with Crippen LogP contribution in [0.25, 0.3) is 6.08 Å². The summed E-state index contributed by atoms with van der Waals surface area (Å²) < 4.78 is 5.34. The molecule has 1 fully saturated rings. The Balaban J connectivity index is 2.10. The van der Waals surface area contributed by atoms with Gasteiger partial charge >= 0.3 is 0 Å². The second kappa shape index (κ2) is 3.98. The van der Waals surface area contributed by atoms with Gasteiger partial charge in [0.2, 0.25) is 0 Å². The first-order chi connectivity index (χ1) is 8.63. The molecule has 0 saturated heterocycles. The molecule has 0 amide bonds. The summed E-state index contributed by atoms with van der Waals surface area (Å²) in [6, 6.07) is 6.25. The van der Waals surface area contributed by atoms with E-state index in [1.54, 1.807) is 7.11 Å². The number of hydrogen-bond acceptors (Lipinski definition) is 2. The SMILES string of the molecule is COc1ccc2c(c1)[C@@]1(C)CCC(=O)C[C@H]1C=C2. The lowest BCUT2D eigenvalue weighted by Gasteiger charge is -2.43. The molecule has 0 heterocycles. The summed E-state index contributed by atoms with van der Waals surface area (Å²) in [7, 11) is 1.70. The molecular formula is C16H18O2. The van der Waals surface area contributed by atoms with Crippen LogP contribution < -0.4 is 4.74 Å². The Morgan fingerprint density at radius 3 is 3.00 bits per heavy atom. The van der Waals surface area contributed by atoms with Crippen LogP contribution in [0.15, 0.2) is 24.3 Å². The van der Waals surface area contributed by atoms with Crippen molar-refractivity contribution in [3.63, 3.8) is 0 Å². The Bertz CT molecular complexity index is 530. The van der Waals surface area contributed by atoms with Gasteiger partial charge in [-0.2, -0.15) is 0 Å². The summed E-state index contributed by atoms with van der Waals surface area (Å²) >= 11 is 0. The largest absolute Gasteiger partial charge is 0.497 e. The fourth-order valence-electron chi connectivity index (χ4n) is 3.29. The molecule has 0 radical (unpaired) electrons. The maximum atomic E-state index is 11.6. The van der Waals surface area contributed by atoms with Crippen LogP contribution in [0.5, 0.6) is 5.75 Å². The lowest BCUT2D eigenvalue weighted by Crippen LogP contribution is -2.39. The molecule has 1 aromatic carbocycles. The molecule has 0 spiro atoms. The van der Waals surface area contributed by atoms with Gasteiger partial charge in [-0.1, -0.05) is 25.1 Å². The average Bonchev–Trinajstić information content (AvgIpc) is 2.39. The van der Waals surface area contributed by atoms with E-state index in [0.717, 1.165) is 12.2 Å². The number of carbonyl (C=O) groups excluding carboxylic acids is 1. The molecule has 0 aromatic heterocycles. The van der Waals surface area contributed by atoms with Crippen LogP contribution >= 0.6 is 0 Å². The number of benzene rings is 1. The van der Waals surface area contributed by atoms with E-state index in [4.69, 9.17) is 4.74 Å². The highest BCUT2D eigenvalue weighted by molar-refractivity contribution is 5.81. The van der Waals surface area contributed by atoms with Gasteiger partial charge in [0.25, 0.3) is 0 Å². The van der Waals surface area contributed by atoms with Crippen LogP contribution in [-0.4, -0.2) is 12.9 Å². The first-order valence-electron chi connectivity index (χ1n) is 6.52. The van der Waals surface area contributed by atoms with E-state index in [9.17, 15) is 4.79 Å². The van der Waals surface area contributed by atoms with Gasteiger partial charge in [0.15, 0.2) is 0 Å². The third kappa shape index (κ3) is 1.59. The molecule has 2 atom stereocenters. The highest BCUT2D eigenvalue weighted by atomic mass is 16.5. The van der Waals surface area contributed by atoms with Gasteiger partial charge in [0, 0.05) is 18.3 Å². The van der Waals surface area contributed by atoms with Gasteiger partial charge in [-0.15, -0.1) is 0 Å². The number of methoxy groups -OCH3 is 1. The normalized spacial score (nSPS) is 29.7. The molecule has 0 aliphatic heterocycles. The molecule has 2 aliphatic carbocycles. The number of allylic oxidation sites excluding steroid dienone is 1. The first kappa shape index (κ1) is 11.5. The molecule has 94 valence electrons. The van der Waals surface area contributed by atoms with Crippen LogP contribution in [0, 0.1) is 5.92 Å². The zero-order valence-corrected chi connectivity index (χ0v) is 10.9. The fraction of sp³-hybridized carbons (Fsp3) is 0.438. The second-order valence-electron chi connectivity index (χ2n) is 5.58. The van der Waals surface area contributed by atoms with E-state index >= 15 is 0 Å². The number of ketones is 1. The minimum absolute atomic E-state index is 0.0898. The molecule has 2 heteroatoms. The quantitative estimate of drug-likeness (QED) is 0.755. The first-order valence-corrected chi connectivity index (χ1v) is 6.52. The summed E-state index contributed by atoms with van der Waals surface area (Å²) in [4.78, 5) is 11.6. The van der Waals surface area contributed by atoms with Gasteiger partial charge in [-0.05, 0) is 35.6 Å². The molecule has 1 saturated carbocycles. The predicted molar refractivity (Wildman–Crippen MR) is 71.7 cm³/mol. The summed E-state index contributed by atoms with van der Waals surface area (Å²) in [6.45, 7) is 2.28. The van der Waals surface area contributed by atoms with Crippen LogP contribution in [0.3, 0.4) is 0 Å². The molecule has 0 N–H and O–H groups in total. The highest BCUT2D eigenvalue weighted by Gasteiger charge is 2.42. The molecule has 0 unspecified atom stereocenters. The third-order valence-electron chi connectivity index (χ3n) is 4.57. The molecule has 2 nitrogen and oxygen atoms in total. The second-order valence-corrected chi connectivity index (χ2v) is 5.58. The summed E-state index contributed by atoms with van der Waals surface area (Å²) in [6.07, 6.45) is 6.70. The minimum Gasteiger partial charge on any atom is -0.497 e. The lowest BCUT2D eigenvalue weighted by molar-refractivity contribution is -0.122. The van der Waals surface area contributed by atoms with Crippen LogP contribution in [0.4, 0.5) is 0 Å². The number of fused-ring (bicyclic) bond motifs is 3. The molecule has 18 heavy (non-hydrogen) atoms. The average molecular weight is 242 g/mol. The number of carbonyl (C=O) groups is 1. The molecule has 0 bridgehead atoms. The van der Waals surface area contributed by atoms with Crippen LogP contribution in [-0.2, 0) is 10.2 Å². The Morgan fingerprint density at radius 2 is 2.22 bits per heavy atom. The molecule has 1 aromatic rings. The van der Waals surface area contributed by atoms with Gasteiger partial charge in [0.1, 0.15) is 11.5 Å². The van der Waals surface area contributed by atoms with Crippen molar-refractivity contribution in [1.29, 1.82) is 0 Å². The van der Waals surface area contributed by atoms with Gasteiger partial charge in [-0.3, -0.25) is 4.79 Å². The van der Waals surface area contributed by atoms with Crippen molar-refractivity contribution in [2.45, 2.75) is 31.6 Å². The third-order valence-corrected chi connectivity index (χ3v) is 4.57. The minimum atomic E-state index is 0.0898. The number of rotatable bonds is 1. The summed E-state index contributed by atoms with van der Waals surface area (Å²) in [5.74, 6) is 1.65. The van der Waals surface area contributed by atoms with Gasteiger partial charge in [0.05, 0.1) is 7.11 Å². The fourth-order valence-corrected chi connectivity index (χ4v) is 3.29. The number of ether oxygens (including phenoxy) is 1. The Labute approximate surface area is 108 Å². The lowest BCUT2D eigenvalue weighted by atomic mass is 9.60. The smallest absolute Gasteiger partial charge is 0.133 e. The van der Waals surface area contributed by atoms with E-state index in [1.165, 1.54) is 11.1 Å². The monoisotopic (exact) mass is 242 g/mol. The van der Waals surface area contributed by atoms with E-state index in [2.05, 4.69) is 31.2 Å². The Hall–Kier alpha value is -1.57. The Morgan fingerprint density at radius 1 is 1.39 bits per heavy atom. The van der Waals surface area contributed by atoms with Gasteiger partial charge in [-0.25, -0.2) is 0 Å². The molecule has 3 rings (SSSR count). The number of Topliss-reactive ketones (excluding diaryl/α,β-unsaturated/α-hetero) is 1. The molecular weight excluding hydrogens is 224 g/mol. The van der Waals surface area contributed by atoms with Gasteiger partial charge < -0.3 is 4.74 Å². The van der Waals surface area contributed by atoms with Crippen molar-refractivity contribution in [2.75, 3.05) is 7.11 Å². The van der Waals surface area contributed by atoms with Crippen molar-refractivity contribution < 1.29 is 9.53 Å². The van der Waals surface area contributed by atoms with E-state index in [0.29, 0.717) is 24.5 Å². The highest BCUT2D eigenvalue weighted by Crippen LogP contribution is 2.48. The predicted octanol–water partition coefficient (Wildman–Crippen LogP) is 3.35. The van der Waals surface area contributed by atoms with Crippen LogP contribution in [0.2, 0.25) is 0 Å². The van der Waals surface area contributed by atoms with Crippen molar-refractivity contribution in [1.82, 2.24) is 0 Å². The topological polar surface area (TPSA) is 26.3 Å². The zero-order valence-electron chi connectivity index (χ0n) is 10.9.